The van der Waals surface area contributed by atoms with Crippen molar-refractivity contribution in [3.05, 3.63) is 69.5 Å². The van der Waals surface area contributed by atoms with E-state index in [1.807, 2.05) is 0 Å². The van der Waals surface area contributed by atoms with E-state index >= 15 is 0 Å². The fourth-order valence-electron chi connectivity index (χ4n) is 2.26. The van der Waals surface area contributed by atoms with Gasteiger partial charge in [0.1, 0.15) is 5.82 Å². The summed E-state index contributed by atoms with van der Waals surface area (Å²) in [6.07, 6.45) is 0.529. The number of carbonyl (C=O) groups is 2. The molecule has 2 rings (SSSR count). The van der Waals surface area contributed by atoms with Gasteiger partial charge in [-0.3, -0.25) is 9.59 Å². The number of aryl methyl sites for hydroxylation is 1. The largest absolute Gasteiger partial charge is 0.456 e. The van der Waals surface area contributed by atoms with E-state index in [1.54, 1.807) is 37.3 Å². The normalized spacial score (nSPS) is 11.7. The maximum absolute atomic E-state index is 12.8. The Morgan fingerprint density at radius 3 is 2.46 bits per heavy atom. The van der Waals surface area contributed by atoms with E-state index < -0.39 is 11.9 Å². The molecule has 2 aromatic carbocycles. The van der Waals surface area contributed by atoms with Gasteiger partial charge in [0.05, 0.1) is 16.1 Å². The van der Waals surface area contributed by atoms with Crippen LogP contribution in [-0.2, 0) is 20.7 Å². The number of hydrogen-bond acceptors (Lipinski definition) is 3. The van der Waals surface area contributed by atoms with Crippen molar-refractivity contribution < 1.29 is 18.7 Å². The molecule has 1 amide bonds. The van der Waals surface area contributed by atoms with Gasteiger partial charge in [0.15, 0.2) is 6.61 Å². The van der Waals surface area contributed by atoms with Crippen LogP contribution >= 0.6 is 23.2 Å². The molecular formula is C19H18Cl2FNO3. The van der Waals surface area contributed by atoms with Crippen molar-refractivity contribution in [2.24, 2.45) is 0 Å². The Morgan fingerprint density at radius 1 is 1.12 bits per heavy atom. The zero-order valence-electron chi connectivity index (χ0n) is 14.1. The summed E-state index contributed by atoms with van der Waals surface area (Å²) in [5, 5.41) is 3.55. The summed E-state index contributed by atoms with van der Waals surface area (Å²) in [5.41, 5.74) is 1.61. The van der Waals surface area contributed by atoms with E-state index in [1.165, 1.54) is 12.1 Å². The molecule has 1 N–H and O–H groups in total. The topological polar surface area (TPSA) is 55.4 Å². The third-order valence-corrected chi connectivity index (χ3v) is 4.46. The number of hydrogen-bond donors (Lipinski definition) is 1. The average Bonchev–Trinajstić information content (AvgIpc) is 2.61. The first-order chi connectivity index (χ1) is 12.3. The monoisotopic (exact) mass is 397 g/mol. The summed E-state index contributed by atoms with van der Waals surface area (Å²) >= 11 is 11.8. The van der Waals surface area contributed by atoms with E-state index in [2.05, 4.69) is 5.32 Å². The Morgan fingerprint density at radius 2 is 1.81 bits per heavy atom. The second kappa shape index (κ2) is 9.55. The molecule has 0 aliphatic rings. The SMILES string of the molecule is CC(NC(=O)COC(=O)CCc1ccc(F)cc1)c1ccc(Cl)c(Cl)c1. The molecule has 0 radical (unpaired) electrons. The standard InChI is InChI=1S/C19H18Cl2FNO3/c1-12(14-5-8-16(20)17(21)10-14)23-18(24)11-26-19(25)9-4-13-2-6-15(22)7-3-13/h2-3,5-8,10,12H,4,9,11H2,1H3,(H,23,24). The maximum atomic E-state index is 12.8. The second-order valence-electron chi connectivity index (χ2n) is 5.75. The number of amides is 1. The van der Waals surface area contributed by atoms with Crippen LogP contribution in [0.2, 0.25) is 10.0 Å². The van der Waals surface area contributed by atoms with E-state index in [4.69, 9.17) is 27.9 Å². The van der Waals surface area contributed by atoms with Gasteiger partial charge in [0.2, 0.25) is 0 Å². The van der Waals surface area contributed by atoms with Crippen LogP contribution in [-0.4, -0.2) is 18.5 Å². The number of esters is 1. The van der Waals surface area contributed by atoms with Crippen LogP contribution in [0.5, 0.6) is 0 Å². The molecule has 26 heavy (non-hydrogen) atoms. The van der Waals surface area contributed by atoms with Gasteiger partial charge in [-0.25, -0.2) is 4.39 Å². The van der Waals surface area contributed by atoms with Gasteiger partial charge in [-0.15, -0.1) is 0 Å². The number of benzene rings is 2. The smallest absolute Gasteiger partial charge is 0.306 e. The molecule has 0 bridgehead atoms. The summed E-state index contributed by atoms with van der Waals surface area (Å²) in [6, 6.07) is 10.6. The van der Waals surface area contributed by atoms with Crippen molar-refractivity contribution in [1.82, 2.24) is 5.32 Å². The summed E-state index contributed by atoms with van der Waals surface area (Å²) in [5.74, 6) is -1.24. The van der Waals surface area contributed by atoms with Crippen LogP contribution in [0.1, 0.15) is 30.5 Å². The molecule has 0 aliphatic carbocycles. The summed E-state index contributed by atoms with van der Waals surface area (Å²) < 4.78 is 17.8. The van der Waals surface area contributed by atoms with E-state index in [-0.39, 0.29) is 24.9 Å². The zero-order valence-corrected chi connectivity index (χ0v) is 15.6. The molecule has 1 unspecified atom stereocenters. The van der Waals surface area contributed by atoms with Crippen LogP contribution in [0.4, 0.5) is 4.39 Å². The lowest BCUT2D eigenvalue weighted by Crippen LogP contribution is -2.31. The van der Waals surface area contributed by atoms with E-state index in [0.717, 1.165) is 11.1 Å². The Kier molecular flexibility index (Phi) is 7.42. The van der Waals surface area contributed by atoms with Crippen molar-refractivity contribution in [2.75, 3.05) is 6.61 Å². The Hall–Kier alpha value is -2.11. The lowest BCUT2D eigenvalue weighted by atomic mass is 10.1. The summed E-state index contributed by atoms with van der Waals surface area (Å²) in [4.78, 5) is 23.6. The van der Waals surface area contributed by atoms with Gasteiger partial charge in [-0.05, 0) is 48.7 Å². The minimum atomic E-state index is -0.494. The molecule has 138 valence electrons. The van der Waals surface area contributed by atoms with Crippen LogP contribution in [0.15, 0.2) is 42.5 Å². The third kappa shape index (κ3) is 6.32. The first kappa shape index (κ1) is 20.2. The lowest BCUT2D eigenvalue weighted by molar-refractivity contribution is -0.148. The van der Waals surface area contributed by atoms with Gasteiger partial charge in [0, 0.05) is 6.42 Å². The van der Waals surface area contributed by atoms with Crippen molar-refractivity contribution in [1.29, 1.82) is 0 Å². The molecule has 0 aromatic heterocycles. The average molecular weight is 398 g/mol. The predicted octanol–water partition coefficient (Wildman–Crippen LogP) is 4.49. The Bertz CT molecular complexity index is 781. The fraction of sp³-hybridized carbons (Fsp3) is 0.263. The molecule has 0 saturated heterocycles. The van der Waals surface area contributed by atoms with Gasteiger partial charge in [-0.2, -0.15) is 0 Å². The highest BCUT2D eigenvalue weighted by atomic mass is 35.5. The van der Waals surface area contributed by atoms with E-state index in [9.17, 15) is 14.0 Å². The maximum Gasteiger partial charge on any atom is 0.306 e. The Balaban J connectivity index is 1.74. The zero-order chi connectivity index (χ0) is 19.1. The van der Waals surface area contributed by atoms with Crippen molar-refractivity contribution in [2.45, 2.75) is 25.8 Å². The van der Waals surface area contributed by atoms with Gasteiger partial charge < -0.3 is 10.1 Å². The molecule has 0 aliphatic heterocycles. The first-order valence-corrected chi connectivity index (χ1v) is 8.75. The fourth-order valence-corrected chi connectivity index (χ4v) is 2.57. The summed E-state index contributed by atoms with van der Waals surface area (Å²) in [6.45, 7) is 1.42. The molecular weight excluding hydrogens is 380 g/mol. The lowest BCUT2D eigenvalue weighted by Gasteiger charge is -2.15. The quantitative estimate of drug-likeness (QED) is 0.700. The van der Waals surface area contributed by atoms with Crippen LogP contribution in [0.25, 0.3) is 0 Å². The van der Waals surface area contributed by atoms with Crippen LogP contribution in [0, 0.1) is 5.82 Å². The number of rotatable bonds is 7. The second-order valence-corrected chi connectivity index (χ2v) is 6.56. The Labute approximate surface area is 161 Å². The summed E-state index contributed by atoms with van der Waals surface area (Å²) in [7, 11) is 0. The van der Waals surface area contributed by atoms with Crippen LogP contribution < -0.4 is 5.32 Å². The molecule has 0 fully saturated rings. The number of ether oxygens (including phenoxy) is 1. The highest BCUT2D eigenvalue weighted by molar-refractivity contribution is 6.42. The molecule has 4 nitrogen and oxygen atoms in total. The minimum Gasteiger partial charge on any atom is -0.456 e. The molecule has 0 saturated carbocycles. The molecule has 2 aromatic rings. The van der Waals surface area contributed by atoms with Gasteiger partial charge in [-0.1, -0.05) is 41.4 Å². The minimum absolute atomic E-state index is 0.112. The highest BCUT2D eigenvalue weighted by Gasteiger charge is 2.13. The van der Waals surface area contributed by atoms with Crippen molar-refractivity contribution in [3.63, 3.8) is 0 Å². The number of carbonyl (C=O) groups excluding carboxylic acids is 2. The predicted molar refractivity (Wildman–Crippen MR) is 98.7 cm³/mol. The van der Waals surface area contributed by atoms with Gasteiger partial charge >= 0.3 is 5.97 Å². The molecule has 1 atom stereocenters. The number of halogens is 3. The molecule has 0 spiro atoms. The first-order valence-electron chi connectivity index (χ1n) is 7.99. The number of nitrogens with one attached hydrogen (secondary N) is 1. The molecule has 0 heterocycles. The van der Waals surface area contributed by atoms with Crippen molar-refractivity contribution in [3.8, 4) is 0 Å². The van der Waals surface area contributed by atoms with Gasteiger partial charge in [0.25, 0.3) is 5.91 Å². The van der Waals surface area contributed by atoms with Crippen molar-refractivity contribution >= 4 is 35.1 Å². The van der Waals surface area contributed by atoms with E-state index in [0.29, 0.717) is 16.5 Å². The molecule has 7 heteroatoms. The van der Waals surface area contributed by atoms with Crippen LogP contribution in [0.3, 0.4) is 0 Å². The third-order valence-electron chi connectivity index (χ3n) is 3.72. The highest BCUT2D eigenvalue weighted by Crippen LogP contribution is 2.25.